The van der Waals surface area contributed by atoms with Crippen molar-refractivity contribution in [1.82, 2.24) is 24.7 Å². The molecule has 0 aliphatic rings. The summed E-state index contributed by atoms with van der Waals surface area (Å²) in [6.07, 6.45) is 7.28. The van der Waals surface area contributed by atoms with E-state index in [0.29, 0.717) is 0 Å². The van der Waals surface area contributed by atoms with Crippen molar-refractivity contribution in [2.45, 2.75) is 6.92 Å². The van der Waals surface area contributed by atoms with E-state index in [0.717, 1.165) is 27.9 Å². The zero-order valence-corrected chi connectivity index (χ0v) is 9.10. The van der Waals surface area contributed by atoms with Crippen LogP contribution in [-0.4, -0.2) is 24.7 Å². The molecule has 5 heteroatoms. The van der Waals surface area contributed by atoms with E-state index < -0.39 is 0 Å². The van der Waals surface area contributed by atoms with Crippen LogP contribution in [0.2, 0.25) is 0 Å². The molecule has 16 heavy (non-hydrogen) atoms. The summed E-state index contributed by atoms with van der Waals surface area (Å²) in [5, 5.41) is 5.23. The number of aromatic nitrogens is 5. The number of aryl methyl sites for hydroxylation is 2. The van der Waals surface area contributed by atoms with Gasteiger partial charge in [0.2, 0.25) is 0 Å². The molecule has 0 atom stereocenters. The summed E-state index contributed by atoms with van der Waals surface area (Å²) >= 11 is 0. The van der Waals surface area contributed by atoms with Gasteiger partial charge in [-0.1, -0.05) is 0 Å². The topological polar surface area (TPSA) is 59.4 Å². The lowest BCUT2D eigenvalue weighted by Gasteiger charge is -1.99. The molecule has 3 heterocycles. The first kappa shape index (κ1) is 9.08. The standard InChI is InChI=1S/C11H11N5/c1-7-3-12-11-9(7)10(13-6-14-11)8-4-15-16(2)5-8/h3-6H,1-2H3,(H,12,13,14). The van der Waals surface area contributed by atoms with Crippen LogP contribution in [0.15, 0.2) is 24.9 Å². The zero-order valence-electron chi connectivity index (χ0n) is 9.10. The third-order valence-corrected chi connectivity index (χ3v) is 2.65. The number of nitrogens with zero attached hydrogens (tertiary/aromatic N) is 4. The van der Waals surface area contributed by atoms with E-state index in [1.165, 1.54) is 0 Å². The molecule has 0 bridgehead atoms. The third-order valence-electron chi connectivity index (χ3n) is 2.65. The molecule has 1 N–H and O–H groups in total. The van der Waals surface area contributed by atoms with Crippen LogP contribution in [0.3, 0.4) is 0 Å². The molecule has 0 fully saturated rings. The summed E-state index contributed by atoms with van der Waals surface area (Å²) in [6, 6.07) is 0. The quantitative estimate of drug-likeness (QED) is 0.668. The monoisotopic (exact) mass is 213 g/mol. The highest BCUT2D eigenvalue weighted by atomic mass is 15.2. The Morgan fingerprint density at radius 1 is 1.31 bits per heavy atom. The minimum absolute atomic E-state index is 0.867. The van der Waals surface area contributed by atoms with Crippen molar-refractivity contribution < 1.29 is 0 Å². The van der Waals surface area contributed by atoms with Crippen LogP contribution in [-0.2, 0) is 7.05 Å². The highest BCUT2D eigenvalue weighted by Crippen LogP contribution is 2.26. The molecule has 0 aliphatic heterocycles. The predicted molar refractivity (Wildman–Crippen MR) is 60.8 cm³/mol. The summed E-state index contributed by atoms with van der Waals surface area (Å²) in [5.74, 6) is 0. The van der Waals surface area contributed by atoms with Crippen LogP contribution in [0.25, 0.3) is 22.3 Å². The van der Waals surface area contributed by atoms with Crippen molar-refractivity contribution in [1.29, 1.82) is 0 Å². The maximum atomic E-state index is 4.34. The number of nitrogens with one attached hydrogen (secondary N) is 1. The van der Waals surface area contributed by atoms with Gasteiger partial charge in [0.05, 0.1) is 11.9 Å². The first-order chi connectivity index (χ1) is 7.75. The molecule has 0 spiro atoms. The number of hydrogen-bond acceptors (Lipinski definition) is 3. The molecule has 0 amide bonds. The lowest BCUT2D eigenvalue weighted by atomic mass is 10.1. The fourth-order valence-corrected chi connectivity index (χ4v) is 1.88. The molecular weight excluding hydrogens is 202 g/mol. The van der Waals surface area contributed by atoms with Crippen molar-refractivity contribution in [2.24, 2.45) is 7.05 Å². The first-order valence-electron chi connectivity index (χ1n) is 5.03. The van der Waals surface area contributed by atoms with E-state index >= 15 is 0 Å². The van der Waals surface area contributed by atoms with Crippen molar-refractivity contribution >= 4 is 11.0 Å². The fourth-order valence-electron chi connectivity index (χ4n) is 1.88. The van der Waals surface area contributed by atoms with Gasteiger partial charge in [0.15, 0.2) is 0 Å². The van der Waals surface area contributed by atoms with Gasteiger partial charge in [-0.2, -0.15) is 5.10 Å². The molecule has 5 nitrogen and oxygen atoms in total. The van der Waals surface area contributed by atoms with Gasteiger partial charge in [-0.3, -0.25) is 4.68 Å². The van der Waals surface area contributed by atoms with E-state index in [1.54, 1.807) is 11.0 Å². The molecular formula is C11H11N5. The lowest BCUT2D eigenvalue weighted by molar-refractivity contribution is 0.768. The Labute approximate surface area is 92.2 Å². The lowest BCUT2D eigenvalue weighted by Crippen LogP contribution is -1.87. The summed E-state index contributed by atoms with van der Waals surface area (Å²) in [5.41, 5.74) is 3.95. The SMILES string of the molecule is Cc1c[nH]c2ncnc(-c3cnn(C)c3)c12. The average molecular weight is 213 g/mol. The molecule has 0 aromatic carbocycles. The molecule has 3 rings (SSSR count). The van der Waals surface area contributed by atoms with Crippen molar-refractivity contribution in [2.75, 3.05) is 0 Å². The summed E-state index contributed by atoms with van der Waals surface area (Å²) in [6.45, 7) is 2.04. The minimum atomic E-state index is 0.867. The van der Waals surface area contributed by atoms with Gasteiger partial charge >= 0.3 is 0 Å². The smallest absolute Gasteiger partial charge is 0.141 e. The number of fused-ring (bicyclic) bond motifs is 1. The zero-order chi connectivity index (χ0) is 11.1. The van der Waals surface area contributed by atoms with Crippen molar-refractivity contribution in [3.63, 3.8) is 0 Å². The van der Waals surface area contributed by atoms with Crippen molar-refractivity contribution in [3.8, 4) is 11.3 Å². The maximum absolute atomic E-state index is 4.34. The van der Waals surface area contributed by atoms with Gasteiger partial charge in [-0.15, -0.1) is 0 Å². The highest BCUT2D eigenvalue weighted by molar-refractivity contribution is 5.92. The fraction of sp³-hybridized carbons (Fsp3) is 0.182. The van der Waals surface area contributed by atoms with Crippen molar-refractivity contribution in [3.05, 3.63) is 30.5 Å². The van der Waals surface area contributed by atoms with Gasteiger partial charge < -0.3 is 4.98 Å². The number of aromatic amines is 1. The normalized spacial score (nSPS) is 11.1. The molecule has 0 unspecified atom stereocenters. The third kappa shape index (κ3) is 1.21. The Bertz CT molecular complexity index is 649. The van der Waals surface area contributed by atoms with Gasteiger partial charge in [0.25, 0.3) is 0 Å². The Morgan fingerprint density at radius 3 is 2.94 bits per heavy atom. The maximum Gasteiger partial charge on any atom is 0.141 e. The molecule has 80 valence electrons. The van der Waals surface area contributed by atoms with Crippen LogP contribution in [0.5, 0.6) is 0 Å². The predicted octanol–water partition coefficient (Wildman–Crippen LogP) is 1.67. The largest absolute Gasteiger partial charge is 0.346 e. The number of hydrogen-bond donors (Lipinski definition) is 1. The second-order valence-corrected chi connectivity index (χ2v) is 3.82. The van der Waals surface area contributed by atoms with Crippen LogP contribution >= 0.6 is 0 Å². The van der Waals surface area contributed by atoms with E-state index in [-0.39, 0.29) is 0 Å². The summed E-state index contributed by atoms with van der Waals surface area (Å²) < 4.78 is 1.77. The van der Waals surface area contributed by atoms with E-state index in [4.69, 9.17) is 0 Å². The van der Waals surface area contributed by atoms with Gasteiger partial charge in [-0.05, 0) is 12.5 Å². The molecule has 0 radical (unpaired) electrons. The highest BCUT2D eigenvalue weighted by Gasteiger charge is 2.11. The molecule has 0 saturated heterocycles. The summed E-state index contributed by atoms with van der Waals surface area (Å²) in [7, 11) is 1.89. The molecule has 3 aromatic heterocycles. The van der Waals surface area contributed by atoms with Crippen LogP contribution in [0, 0.1) is 6.92 Å². The first-order valence-corrected chi connectivity index (χ1v) is 5.03. The Morgan fingerprint density at radius 2 is 2.19 bits per heavy atom. The second-order valence-electron chi connectivity index (χ2n) is 3.82. The Balaban J connectivity index is 2.34. The van der Waals surface area contributed by atoms with Gasteiger partial charge in [-0.25, -0.2) is 9.97 Å². The Kier molecular flexibility index (Phi) is 1.80. The number of rotatable bonds is 1. The molecule has 0 saturated carbocycles. The number of H-pyrrole nitrogens is 1. The van der Waals surface area contributed by atoms with Gasteiger partial charge in [0, 0.05) is 30.4 Å². The second kappa shape index (κ2) is 3.16. The Hall–Kier alpha value is -2.17. The minimum Gasteiger partial charge on any atom is -0.346 e. The van der Waals surface area contributed by atoms with Crippen LogP contribution in [0.1, 0.15) is 5.56 Å². The van der Waals surface area contributed by atoms with Gasteiger partial charge in [0.1, 0.15) is 12.0 Å². The van der Waals surface area contributed by atoms with Crippen LogP contribution < -0.4 is 0 Å². The van der Waals surface area contributed by atoms with Crippen LogP contribution in [0.4, 0.5) is 0 Å². The summed E-state index contributed by atoms with van der Waals surface area (Å²) in [4.78, 5) is 11.7. The molecule has 0 aliphatic carbocycles. The average Bonchev–Trinajstić information content (AvgIpc) is 2.86. The van der Waals surface area contributed by atoms with E-state index in [1.807, 2.05) is 32.6 Å². The molecule has 3 aromatic rings. The van der Waals surface area contributed by atoms with E-state index in [2.05, 4.69) is 20.1 Å². The van der Waals surface area contributed by atoms with E-state index in [9.17, 15) is 0 Å².